The lowest BCUT2D eigenvalue weighted by Gasteiger charge is -2.34. The lowest BCUT2D eigenvalue weighted by molar-refractivity contribution is -0.144. The van der Waals surface area contributed by atoms with E-state index >= 15 is 0 Å². The van der Waals surface area contributed by atoms with Gasteiger partial charge in [0.1, 0.15) is 5.82 Å². The smallest absolute Gasteiger partial charge is 0.320 e. The standard InChI is InChI=1S/C16H21FN2O3/c1-3-22-15(20)11-18-6-8-19(9-7-18)16(21)13-5-4-12(2)14(17)10-13/h4-5,10H,3,6-9,11H2,1-2H3. The van der Waals surface area contributed by atoms with Gasteiger partial charge in [0.15, 0.2) is 0 Å². The van der Waals surface area contributed by atoms with Gasteiger partial charge in [0.2, 0.25) is 0 Å². The van der Waals surface area contributed by atoms with E-state index in [1.807, 2.05) is 4.90 Å². The molecular weight excluding hydrogens is 287 g/mol. The molecule has 0 aliphatic carbocycles. The van der Waals surface area contributed by atoms with Crippen LogP contribution < -0.4 is 0 Å². The molecule has 0 radical (unpaired) electrons. The predicted octanol–water partition coefficient (Wildman–Crippen LogP) is 1.46. The van der Waals surface area contributed by atoms with Crippen LogP contribution in [0.4, 0.5) is 4.39 Å². The fourth-order valence-electron chi connectivity index (χ4n) is 2.41. The normalized spacial score (nSPS) is 15.7. The van der Waals surface area contributed by atoms with Gasteiger partial charge in [-0.2, -0.15) is 0 Å². The number of hydrogen-bond donors (Lipinski definition) is 0. The lowest BCUT2D eigenvalue weighted by Crippen LogP contribution is -2.50. The summed E-state index contributed by atoms with van der Waals surface area (Å²) in [5, 5.41) is 0. The number of amides is 1. The number of halogens is 1. The highest BCUT2D eigenvalue weighted by molar-refractivity contribution is 5.94. The molecular formula is C16H21FN2O3. The monoisotopic (exact) mass is 308 g/mol. The van der Waals surface area contributed by atoms with Crippen molar-refractivity contribution >= 4 is 11.9 Å². The summed E-state index contributed by atoms with van der Waals surface area (Å²) < 4.78 is 18.5. The molecule has 120 valence electrons. The summed E-state index contributed by atoms with van der Waals surface area (Å²) in [4.78, 5) is 27.4. The van der Waals surface area contributed by atoms with Crippen molar-refractivity contribution in [2.45, 2.75) is 13.8 Å². The number of hydrogen-bond acceptors (Lipinski definition) is 4. The van der Waals surface area contributed by atoms with Crippen molar-refractivity contribution < 1.29 is 18.7 Å². The Morgan fingerprint density at radius 1 is 1.23 bits per heavy atom. The van der Waals surface area contributed by atoms with Crippen LogP contribution in [0.3, 0.4) is 0 Å². The Bertz CT molecular complexity index is 554. The minimum Gasteiger partial charge on any atom is -0.465 e. The van der Waals surface area contributed by atoms with Crippen LogP contribution in [-0.4, -0.2) is 61.0 Å². The SMILES string of the molecule is CCOC(=O)CN1CCN(C(=O)c2ccc(C)c(F)c2)CC1. The summed E-state index contributed by atoms with van der Waals surface area (Å²) in [5.74, 6) is -0.788. The van der Waals surface area contributed by atoms with Crippen molar-refractivity contribution in [3.63, 3.8) is 0 Å². The van der Waals surface area contributed by atoms with E-state index in [0.29, 0.717) is 43.9 Å². The molecule has 0 saturated carbocycles. The van der Waals surface area contributed by atoms with Crippen LogP contribution in [0.15, 0.2) is 18.2 Å². The largest absolute Gasteiger partial charge is 0.465 e. The Morgan fingerprint density at radius 3 is 2.50 bits per heavy atom. The minimum atomic E-state index is -0.369. The number of aryl methyl sites for hydroxylation is 1. The first-order chi connectivity index (χ1) is 10.5. The molecule has 0 atom stereocenters. The van der Waals surface area contributed by atoms with Crippen molar-refractivity contribution in [1.82, 2.24) is 9.80 Å². The molecule has 0 N–H and O–H groups in total. The second-order valence-electron chi connectivity index (χ2n) is 5.34. The van der Waals surface area contributed by atoms with Crippen LogP contribution in [0.2, 0.25) is 0 Å². The summed E-state index contributed by atoms with van der Waals surface area (Å²) in [6.07, 6.45) is 0. The third-order valence-electron chi connectivity index (χ3n) is 3.74. The van der Waals surface area contributed by atoms with Gasteiger partial charge in [-0.1, -0.05) is 6.07 Å². The molecule has 2 rings (SSSR count). The first-order valence-electron chi connectivity index (χ1n) is 7.44. The summed E-state index contributed by atoms with van der Waals surface area (Å²) in [6, 6.07) is 4.54. The zero-order chi connectivity index (χ0) is 16.1. The van der Waals surface area contributed by atoms with Gasteiger partial charge in [0, 0.05) is 31.7 Å². The third kappa shape index (κ3) is 4.04. The molecule has 1 heterocycles. The number of carbonyl (C=O) groups is 2. The highest BCUT2D eigenvalue weighted by Gasteiger charge is 2.23. The molecule has 6 heteroatoms. The van der Waals surface area contributed by atoms with E-state index in [9.17, 15) is 14.0 Å². The number of esters is 1. The molecule has 1 fully saturated rings. The fourth-order valence-corrected chi connectivity index (χ4v) is 2.41. The molecule has 1 amide bonds. The average Bonchev–Trinajstić information content (AvgIpc) is 2.50. The molecule has 0 unspecified atom stereocenters. The molecule has 1 aromatic carbocycles. The van der Waals surface area contributed by atoms with Crippen molar-refractivity contribution in [2.24, 2.45) is 0 Å². The molecule has 1 aliphatic heterocycles. The van der Waals surface area contributed by atoms with Crippen LogP contribution in [0.5, 0.6) is 0 Å². The van der Waals surface area contributed by atoms with Gasteiger partial charge in [-0.3, -0.25) is 14.5 Å². The third-order valence-corrected chi connectivity index (χ3v) is 3.74. The van der Waals surface area contributed by atoms with Crippen LogP contribution in [-0.2, 0) is 9.53 Å². The predicted molar refractivity (Wildman–Crippen MR) is 80.1 cm³/mol. The van der Waals surface area contributed by atoms with Crippen molar-refractivity contribution in [3.8, 4) is 0 Å². The quantitative estimate of drug-likeness (QED) is 0.790. The first kappa shape index (κ1) is 16.4. The Hall–Kier alpha value is -1.95. The molecule has 5 nitrogen and oxygen atoms in total. The molecule has 22 heavy (non-hydrogen) atoms. The average molecular weight is 308 g/mol. The number of carbonyl (C=O) groups excluding carboxylic acids is 2. The van der Waals surface area contributed by atoms with E-state index in [1.165, 1.54) is 6.07 Å². The maximum absolute atomic E-state index is 13.6. The highest BCUT2D eigenvalue weighted by Crippen LogP contribution is 2.13. The van der Waals surface area contributed by atoms with Gasteiger partial charge in [0.05, 0.1) is 13.2 Å². The van der Waals surface area contributed by atoms with Gasteiger partial charge >= 0.3 is 5.97 Å². The number of rotatable bonds is 4. The minimum absolute atomic E-state index is 0.172. The Morgan fingerprint density at radius 2 is 1.91 bits per heavy atom. The van der Waals surface area contributed by atoms with Gasteiger partial charge in [-0.25, -0.2) is 4.39 Å². The van der Waals surface area contributed by atoms with Crippen LogP contribution in [0.25, 0.3) is 0 Å². The van der Waals surface area contributed by atoms with E-state index in [-0.39, 0.29) is 24.2 Å². The molecule has 1 aromatic rings. The maximum Gasteiger partial charge on any atom is 0.320 e. The second kappa shape index (κ2) is 7.35. The second-order valence-corrected chi connectivity index (χ2v) is 5.34. The molecule has 0 aromatic heterocycles. The van der Waals surface area contributed by atoms with E-state index in [1.54, 1.807) is 30.9 Å². The summed E-state index contributed by atoms with van der Waals surface area (Å²) in [7, 11) is 0. The maximum atomic E-state index is 13.6. The summed E-state index contributed by atoms with van der Waals surface area (Å²) in [6.45, 7) is 6.32. The highest BCUT2D eigenvalue weighted by atomic mass is 19.1. The van der Waals surface area contributed by atoms with Gasteiger partial charge in [0.25, 0.3) is 5.91 Å². The van der Waals surface area contributed by atoms with E-state index < -0.39 is 0 Å². The molecule has 1 saturated heterocycles. The van der Waals surface area contributed by atoms with E-state index in [2.05, 4.69) is 0 Å². The topological polar surface area (TPSA) is 49.9 Å². The van der Waals surface area contributed by atoms with Gasteiger partial charge < -0.3 is 9.64 Å². The summed E-state index contributed by atoms with van der Waals surface area (Å²) >= 11 is 0. The summed E-state index contributed by atoms with van der Waals surface area (Å²) in [5.41, 5.74) is 0.887. The van der Waals surface area contributed by atoms with Crippen molar-refractivity contribution in [2.75, 3.05) is 39.3 Å². The molecule has 1 aliphatic rings. The van der Waals surface area contributed by atoms with Crippen molar-refractivity contribution in [3.05, 3.63) is 35.1 Å². The van der Waals surface area contributed by atoms with E-state index in [4.69, 9.17) is 4.74 Å². The molecule has 0 spiro atoms. The van der Waals surface area contributed by atoms with Gasteiger partial charge in [-0.05, 0) is 31.5 Å². The molecule has 0 bridgehead atoms. The van der Waals surface area contributed by atoms with E-state index in [0.717, 1.165) is 0 Å². The van der Waals surface area contributed by atoms with Crippen molar-refractivity contribution in [1.29, 1.82) is 0 Å². The fraction of sp³-hybridized carbons (Fsp3) is 0.500. The Kier molecular flexibility index (Phi) is 5.49. The zero-order valence-electron chi connectivity index (χ0n) is 13.0. The van der Waals surface area contributed by atoms with Crippen LogP contribution >= 0.6 is 0 Å². The van der Waals surface area contributed by atoms with Crippen LogP contribution in [0.1, 0.15) is 22.8 Å². The Labute approximate surface area is 129 Å². The number of nitrogens with zero attached hydrogens (tertiary/aromatic N) is 2. The number of benzene rings is 1. The van der Waals surface area contributed by atoms with Gasteiger partial charge in [-0.15, -0.1) is 0 Å². The lowest BCUT2D eigenvalue weighted by atomic mass is 10.1. The first-order valence-corrected chi connectivity index (χ1v) is 7.44. The van der Waals surface area contributed by atoms with Crippen LogP contribution in [0, 0.1) is 12.7 Å². The Balaban J connectivity index is 1.89. The number of ether oxygens (including phenoxy) is 1. The zero-order valence-corrected chi connectivity index (χ0v) is 13.0. The number of piperazine rings is 1.